The lowest BCUT2D eigenvalue weighted by atomic mass is 10.2. The fourth-order valence-electron chi connectivity index (χ4n) is 2.24. The number of amides is 1. The van der Waals surface area contributed by atoms with E-state index in [9.17, 15) is 4.79 Å². The predicted octanol–water partition coefficient (Wildman–Crippen LogP) is 3.87. The smallest absolute Gasteiger partial charge is 0.252 e. The maximum Gasteiger partial charge on any atom is 0.252 e. The van der Waals surface area contributed by atoms with E-state index in [1.165, 1.54) is 38.8 Å². The minimum absolute atomic E-state index is 0.0533. The molecule has 0 aliphatic heterocycles. The molecule has 0 spiro atoms. The zero-order valence-electron chi connectivity index (χ0n) is 13.8. The summed E-state index contributed by atoms with van der Waals surface area (Å²) in [6.45, 7) is 8.55. The molecule has 0 fully saturated rings. The first kappa shape index (κ1) is 19.1. The van der Waals surface area contributed by atoms with E-state index in [-0.39, 0.29) is 5.91 Å². The van der Waals surface area contributed by atoms with Gasteiger partial charge in [0.1, 0.15) is 0 Å². The van der Waals surface area contributed by atoms with Gasteiger partial charge in [-0.1, -0.05) is 26.7 Å². The summed E-state index contributed by atoms with van der Waals surface area (Å²) in [6, 6.07) is 1.79. The summed E-state index contributed by atoms with van der Waals surface area (Å²) in [7, 11) is 0. The largest absolute Gasteiger partial charge is 0.352 e. The standard InChI is InChI=1S/C17H28BrN3O/c1-3-5-9-21(10-6-4-2)11-7-8-20-17(22)15-12-16(18)14-19-13-15/h12-14H,3-11H2,1-2H3,(H,20,22). The van der Waals surface area contributed by atoms with Crippen molar-refractivity contribution >= 4 is 21.8 Å². The highest BCUT2D eigenvalue weighted by Crippen LogP contribution is 2.09. The maximum atomic E-state index is 12.0. The van der Waals surface area contributed by atoms with Gasteiger partial charge in [0.25, 0.3) is 5.91 Å². The first-order valence-corrected chi connectivity index (χ1v) is 9.07. The van der Waals surface area contributed by atoms with Crippen molar-refractivity contribution in [3.05, 3.63) is 28.5 Å². The predicted molar refractivity (Wildman–Crippen MR) is 95.1 cm³/mol. The van der Waals surface area contributed by atoms with Crippen LogP contribution in [0.1, 0.15) is 56.3 Å². The van der Waals surface area contributed by atoms with Gasteiger partial charge in [-0.05, 0) is 60.9 Å². The van der Waals surface area contributed by atoms with Crippen LogP contribution in [-0.4, -0.2) is 42.0 Å². The number of nitrogens with one attached hydrogen (secondary N) is 1. The number of carbonyl (C=O) groups excluding carboxylic acids is 1. The van der Waals surface area contributed by atoms with Crippen molar-refractivity contribution in [2.24, 2.45) is 0 Å². The van der Waals surface area contributed by atoms with E-state index in [2.05, 4.69) is 45.0 Å². The van der Waals surface area contributed by atoms with E-state index in [1.807, 2.05) is 0 Å². The Morgan fingerprint density at radius 1 is 1.14 bits per heavy atom. The average Bonchev–Trinajstić information content (AvgIpc) is 2.53. The van der Waals surface area contributed by atoms with Crippen LogP contribution in [0.15, 0.2) is 22.9 Å². The Morgan fingerprint density at radius 2 is 1.77 bits per heavy atom. The van der Waals surface area contributed by atoms with Crippen molar-refractivity contribution in [1.29, 1.82) is 0 Å². The highest BCUT2D eigenvalue weighted by atomic mass is 79.9. The minimum atomic E-state index is -0.0533. The summed E-state index contributed by atoms with van der Waals surface area (Å²) >= 11 is 3.33. The Kier molecular flexibility index (Phi) is 10.1. The number of hydrogen-bond acceptors (Lipinski definition) is 3. The highest BCUT2D eigenvalue weighted by Gasteiger charge is 2.07. The number of pyridine rings is 1. The number of unbranched alkanes of at least 4 members (excludes halogenated alkanes) is 2. The van der Waals surface area contributed by atoms with Crippen molar-refractivity contribution in [3.8, 4) is 0 Å². The molecular weight excluding hydrogens is 342 g/mol. The zero-order valence-corrected chi connectivity index (χ0v) is 15.4. The average molecular weight is 370 g/mol. The molecule has 0 radical (unpaired) electrons. The third-order valence-corrected chi connectivity index (χ3v) is 3.99. The second kappa shape index (κ2) is 11.6. The number of carbonyl (C=O) groups is 1. The fraction of sp³-hybridized carbons (Fsp3) is 0.647. The highest BCUT2D eigenvalue weighted by molar-refractivity contribution is 9.10. The second-order valence-corrected chi connectivity index (χ2v) is 6.47. The van der Waals surface area contributed by atoms with Crippen LogP contribution < -0.4 is 5.32 Å². The molecule has 1 aromatic rings. The zero-order chi connectivity index (χ0) is 16.2. The molecule has 0 saturated heterocycles. The van der Waals surface area contributed by atoms with Crippen LogP contribution in [0.25, 0.3) is 0 Å². The van der Waals surface area contributed by atoms with E-state index in [1.54, 1.807) is 18.5 Å². The lowest BCUT2D eigenvalue weighted by Crippen LogP contribution is -2.31. The molecule has 0 bridgehead atoms. The normalized spacial score (nSPS) is 10.9. The summed E-state index contributed by atoms with van der Waals surface area (Å²) < 4.78 is 0.824. The molecule has 22 heavy (non-hydrogen) atoms. The molecule has 0 aliphatic carbocycles. The molecule has 1 aromatic heterocycles. The minimum Gasteiger partial charge on any atom is -0.352 e. The Labute approximate surface area is 142 Å². The Morgan fingerprint density at radius 3 is 2.36 bits per heavy atom. The van der Waals surface area contributed by atoms with Crippen LogP contribution in [0, 0.1) is 0 Å². The molecule has 0 unspecified atom stereocenters. The summed E-state index contributed by atoms with van der Waals surface area (Å²) in [4.78, 5) is 18.5. The number of aromatic nitrogens is 1. The number of halogens is 1. The molecule has 4 nitrogen and oxygen atoms in total. The fourth-order valence-corrected chi connectivity index (χ4v) is 2.61. The van der Waals surface area contributed by atoms with Gasteiger partial charge in [-0.25, -0.2) is 0 Å². The lowest BCUT2D eigenvalue weighted by Gasteiger charge is -2.21. The van der Waals surface area contributed by atoms with E-state index in [0.717, 1.165) is 17.4 Å². The van der Waals surface area contributed by atoms with Gasteiger partial charge in [-0.15, -0.1) is 0 Å². The summed E-state index contributed by atoms with van der Waals surface area (Å²) in [6.07, 6.45) is 9.22. The van der Waals surface area contributed by atoms with Gasteiger partial charge in [-0.3, -0.25) is 9.78 Å². The van der Waals surface area contributed by atoms with Crippen molar-refractivity contribution in [1.82, 2.24) is 15.2 Å². The van der Waals surface area contributed by atoms with Crippen molar-refractivity contribution in [2.75, 3.05) is 26.2 Å². The first-order chi connectivity index (χ1) is 10.7. The SMILES string of the molecule is CCCCN(CCCC)CCCNC(=O)c1cncc(Br)c1. The quantitative estimate of drug-likeness (QED) is 0.602. The van der Waals surface area contributed by atoms with Crippen molar-refractivity contribution in [3.63, 3.8) is 0 Å². The van der Waals surface area contributed by atoms with Gasteiger partial charge in [-0.2, -0.15) is 0 Å². The van der Waals surface area contributed by atoms with Crippen LogP contribution in [0.5, 0.6) is 0 Å². The Bertz CT molecular complexity index is 432. The number of hydrogen-bond donors (Lipinski definition) is 1. The molecule has 124 valence electrons. The molecule has 0 saturated carbocycles. The molecule has 1 N–H and O–H groups in total. The van der Waals surface area contributed by atoms with Gasteiger partial charge in [0.05, 0.1) is 5.56 Å². The third-order valence-electron chi connectivity index (χ3n) is 3.56. The lowest BCUT2D eigenvalue weighted by molar-refractivity contribution is 0.0951. The molecule has 0 aromatic carbocycles. The van der Waals surface area contributed by atoms with Crippen LogP contribution in [0.4, 0.5) is 0 Å². The molecule has 0 aliphatic rings. The maximum absolute atomic E-state index is 12.0. The van der Waals surface area contributed by atoms with E-state index < -0.39 is 0 Å². The summed E-state index contributed by atoms with van der Waals surface area (Å²) in [5, 5.41) is 2.97. The van der Waals surface area contributed by atoms with Gasteiger partial charge in [0.15, 0.2) is 0 Å². The Hall–Kier alpha value is -0.940. The summed E-state index contributed by atoms with van der Waals surface area (Å²) in [5.41, 5.74) is 0.600. The summed E-state index contributed by atoms with van der Waals surface area (Å²) in [5.74, 6) is -0.0533. The van der Waals surface area contributed by atoms with Gasteiger partial charge < -0.3 is 10.2 Å². The van der Waals surface area contributed by atoms with Crippen LogP contribution >= 0.6 is 15.9 Å². The van der Waals surface area contributed by atoms with E-state index in [0.29, 0.717) is 12.1 Å². The molecule has 5 heteroatoms. The second-order valence-electron chi connectivity index (χ2n) is 5.55. The van der Waals surface area contributed by atoms with Crippen LogP contribution in [-0.2, 0) is 0 Å². The molecule has 1 heterocycles. The molecule has 0 atom stereocenters. The topological polar surface area (TPSA) is 45.2 Å². The van der Waals surface area contributed by atoms with E-state index >= 15 is 0 Å². The monoisotopic (exact) mass is 369 g/mol. The molecular formula is C17H28BrN3O. The Balaban J connectivity index is 2.28. The number of nitrogens with zero attached hydrogens (tertiary/aromatic N) is 2. The third kappa shape index (κ3) is 7.90. The molecule has 1 rings (SSSR count). The number of rotatable bonds is 11. The molecule has 1 amide bonds. The van der Waals surface area contributed by atoms with Gasteiger partial charge in [0, 0.05) is 23.4 Å². The van der Waals surface area contributed by atoms with Crippen molar-refractivity contribution < 1.29 is 4.79 Å². The van der Waals surface area contributed by atoms with Crippen molar-refractivity contribution in [2.45, 2.75) is 46.0 Å². The van der Waals surface area contributed by atoms with Crippen LogP contribution in [0.3, 0.4) is 0 Å². The van der Waals surface area contributed by atoms with Gasteiger partial charge >= 0.3 is 0 Å². The van der Waals surface area contributed by atoms with E-state index in [4.69, 9.17) is 0 Å². The van der Waals surface area contributed by atoms with Gasteiger partial charge in [0.2, 0.25) is 0 Å². The first-order valence-electron chi connectivity index (χ1n) is 8.28. The van der Waals surface area contributed by atoms with Crippen LogP contribution in [0.2, 0.25) is 0 Å².